The molecule has 2 aliphatic heterocycles. The van der Waals surface area contributed by atoms with Crippen molar-refractivity contribution in [1.82, 2.24) is 15.5 Å². The van der Waals surface area contributed by atoms with Crippen molar-refractivity contribution >= 4 is 23.8 Å². The molecule has 0 spiro atoms. The summed E-state index contributed by atoms with van der Waals surface area (Å²) in [7, 11) is 0. The number of piperidine rings is 2. The Balaban J connectivity index is 1.82. The summed E-state index contributed by atoms with van der Waals surface area (Å²) in [6.07, 6.45) is 4.49. The summed E-state index contributed by atoms with van der Waals surface area (Å²) in [6, 6.07) is -0.720. The van der Waals surface area contributed by atoms with E-state index in [1.165, 1.54) is 0 Å². The molecule has 164 valence electrons. The van der Waals surface area contributed by atoms with E-state index in [-0.39, 0.29) is 37.0 Å². The summed E-state index contributed by atoms with van der Waals surface area (Å²) < 4.78 is 0. The molecule has 2 unspecified atom stereocenters. The van der Waals surface area contributed by atoms with Crippen LogP contribution in [0.3, 0.4) is 0 Å². The number of aliphatic carboxylic acids is 2. The molecule has 0 aliphatic carbocycles. The van der Waals surface area contributed by atoms with Crippen LogP contribution in [-0.4, -0.2) is 71.1 Å². The van der Waals surface area contributed by atoms with Crippen molar-refractivity contribution in [2.75, 3.05) is 26.2 Å². The van der Waals surface area contributed by atoms with E-state index in [2.05, 4.69) is 10.6 Å². The number of nitrogens with one attached hydrogen (secondary N) is 2. The third-order valence-corrected chi connectivity index (χ3v) is 5.84. The summed E-state index contributed by atoms with van der Waals surface area (Å²) in [4.78, 5) is 48.7. The maximum absolute atomic E-state index is 12.6. The van der Waals surface area contributed by atoms with Crippen LogP contribution in [0.4, 0.5) is 0 Å². The molecule has 2 saturated heterocycles. The minimum absolute atomic E-state index is 0.0684. The second-order valence-corrected chi connectivity index (χ2v) is 8.15. The largest absolute Gasteiger partial charge is 0.481 e. The Hall–Kier alpha value is -2.16. The molecule has 2 amide bonds. The van der Waals surface area contributed by atoms with Gasteiger partial charge in [0.25, 0.3) is 0 Å². The average Bonchev–Trinajstić information content (AvgIpc) is 2.70. The van der Waals surface area contributed by atoms with E-state index in [4.69, 9.17) is 10.2 Å². The lowest BCUT2D eigenvalue weighted by Crippen LogP contribution is -2.48. The van der Waals surface area contributed by atoms with Crippen molar-refractivity contribution in [3.63, 3.8) is 0 Å². The van der Waals surface area contributed by atoms with E-state index in [1.807, 2.05) is 0 Å². The number of hydrogen-bond donors (Lipinski definition) is 4. The highest BCUT2D eigenvalue weighted by Crippen LogP contribution is 2.22. The predicted molar refractivity (Wildman–Crippen MR) is 105 cm³/mol. The van der Waals surface area contributed by atoms with Crippen LogP contribution in [0.25, 0.3) is 0 Å². The van der Waals surface area contributed by atoms with E-state index in [1.54, 1.807) is 4.90 Å². The second-order valence-electron chi connectivity index (χ2n) is 8.15. The summed E-state index contributed by atoms with van der Waals surface area (Å²) >= 11 is 0. The summed E-state index contributed by atoms with van der Waals surface area (Å²) in [5, 5.41) is 23.8. The zero-order chi connectivity index (χ0) is 21.2. The highest BCUT2D eigenvalue weighted by molar-refractivity contribution is 5.82. The number of nitrogens with zero attached hydrogens (tertiary/aromatic N) is 1. The van der Waals surface area contributed by atoms with Crippen molar-refractivity contribution in [3.8, 4) is 0 Å². The lowest BCUT2D eigenvalue weighted by molar-refractivity contribution is -0.140. The molecular formula is C20H33N3O6. The quantitative estimate of drug-likeness (QED) is 0.418. The van der Waals surface area contributed by atoms with Gasteiger partial charge in [0.05, 0.1) is 12.3 Å². The lowest BCUT2D eigenvalue weighted by atomic mass is 9.92. The molecule has 0 saturated carbocycles. The minimum atomic E-state index is -1.08. The Morgan fingerprint density at radius 3 is 2.41 bits per heavy atom. The number of rotatable bonds is 10. The molecule has 2 heterocycles. The Labute approximate surface area is 171 Å². The van der Waals surface area contributed by atoms with E-state index in [0.29, 0.717) is 31.8 Å². The van der Waals surface area contributed by atoms with Crippen molar-refractivity contribution in [2.45, 2.75) is 63.8 Å². The summed E-state index contributed by atoms with van der Waals surface area (Å²) in [5.41, 5.74) is 0. The second kappa shape index (κ2) is 11.7. The number of carbonyl (C=O) groups is 4. The van der Waals surface area contributed by atoms with Crippen molar-refractivity contribution < 1.29 is 29.4 Å². The van der Waals surface area contributed by atoms with Crippen molar-refractivity contribution in [2.24, 2.45) is 11.8 Å². The molecular weight excluding hydrogens is 378 g/mol. The number of carbonyl (C=O) groups excluding carboxylic acids is 2. The normalized spacial score (nSPS) is 21.4. The molecule has 9 heteroatoms. The monoisotopic (exact) mass is 411 g/mol. The van der Waals surface area contributed by atoms with Gasteiger partial charge in [-0.2, -0.15) is 0 Å². The zero-order valence-corrected chi connectivity index (χ0v) is 16.9. The van der Waals surface area contributed by atoms with E-state index >= 15 is 0 Å². The first-order valence-corrected chi connectivity index (χ1v) is 10.6. The fourth-order valence-corrected chi connectivity index (χ4v) is 4.13. The molecule has 2 rings (SSSR count). The van der Waals surface area contributed by atoms with Gasteiger partial charge in [0, 0.05) is 32.0 Å². The Kier molecular flexibility index (Phi) is 9.37. The first kappa shape index (κ1) is 23.1. The Morgan fingerprint density at radius 1 is 1.03 bits per heavy atom. The first-order valence-electron chi connectivity index (χ1n) is 10.6. The lowest BCUT2D eigenvalue weighted by Gasteiger charge is -2.33. The van der Waals surface area contributed by atoms with Crippen LogP contribution in [0.2, 0.25) is 0 Å². The van der Waals surface area contributed by atoms with Crippen LogP contribution in [0.15, 0.2) is 0 Å². The molecule has 2 fully saturated rings. The van der Waals surface area contributed by atoms with E-state index in [0.717, 1.165) is 38.8 Å². The topological polar surface area (TPSA) is 136 Å². The highest BCUT2D eigenvalue weighted by atomic mass is 16.4. The molecule has 0 aromatic rings. The number of likely N-dealkylation sites (tertiary alicyclic amines) is 1. The van der Waals surface area contributed by atoms with Crippen LogP contribution in [0.1, 0.15) is 57.8 Å². The van der Waals surface area contributed by atoms with Crippen LogP contribution < -0.4 is 10.6 Å². The third kappa shape index (κ3) is 8.39. The predicted octanol–water partition coefficient (Wildman–Crippen LogP) is 0.829. The van der Waals surface area contributed by atoms with Gasteiger partial charge in [0.2, 0.25) is 11.8 Å². The van der Waals surface area contributed by atoms with E-state index < -0.39 is 18.0 Å². The molecule has 9 nitrogen and oxygen atoms in total. The Bertz CT molecular complexity index is 591. The molecule has 4 N–H and O–H groups in total. The maximum atomic E-state index is 12.6. The van der Waals surface area contributed by atoms with Crippen LogP contribution in [-0.2, 0) is 19.2 Å². The summed E-state index contributed by atoms with van der Waals surface area (Å²) in [6.45, 7) is 3.00. The number of carboxylic acid groups (broad SMARTS) is 2. The molecule has 0 aromatic heterocycles. The van der Waals surface area contributed by atoms with Gasteiger partial charge in [-0.25, -0.2) is 0 Å². The number of carboxylic acids is 2. The standard InChI is InChI=1S/C20H33N3O6/c24-17(5-3-14-7-9-21-10-8-14)23-11-1-2-15(13-23)20(29)22-16(12-19(27)28)4-6-18(25)26/h14-16,21H,1-13H2,(H,22,29)(H,25,26)(H,27,28). The van der Waals surface area contributed by atoms with Crippen LogP contribution in [0, 0.1) is 11.8 Å². The van der Waals surface area contributed by atoms with Gasteiger partial charge in [0.1, 0.15) is 0 Å². The van der Waals surface area contributed by atoms with Gasteiger partial charge in [-0.3, -0.25) is 19.2 Å². The van der Waals surface area contributed by atoms with Gasteiger partial charge < -0.3 is 25.7 Å². The number of hydrogen-bond acceptors (Lipinski definition) is 5. The fraction of sp³-hybridized carbons (Fsp3) is 0.800. The minimum Gasteiger partial charge on any atom is -0.481 e. The molecule has 2 aliphatic rings. The van der Waals surface area contributed by atoms with E-state index in [9.17, 15) is 19.2 Å². The van der Waals surface area contributed by atoms with Crippen LogP contribution in [0.5, 0.6) is 0 Å². The van der Waals surface area contributed by atoms with Crippen molar-refractivity contribution in [3.05, 3.63) is 0 Å². The van der Waals surface area contributed by atoms with Crippen molar-refractivity contribution in [1.29, 1.82) is 0 Å². The smallest absolute Gasteiger partial charge is 0.305 e. The van der Waals surface area contributed by atoms with Crippen LogP contribution >= 0.6 is 0 Å². The third-order valence-electron chi connectivity index (χ3n) is 5.84. The molecule has 2 atom stereocenters. The number of amides is 2. The average molecular weight is 411 g/mol. The molecule has 0 bridgehead atoms. The van der Waals surface area contributed by atoms with Gasteiger partial charge >= 0.3 is 11.9 Å². The SMILES string of the molecule is O=C(O)CCC(CC(=O)O)NC(=O)C1CCCN(C(=O)CCC2CCNCC2)C1. The Morgan fingerprint density at radius 2 is 1.76 bits per heavy atom. The molecule has 0 aromatic carbocycles. The summed E-state index contributed by atoms with van der Waals surface area (Å²) in [5.74, 6) is -2.13. The van der Waals surface area contributed by atoms with Gasteiger partial charge in [-0.15, -0.1) is 0 Å². The molecule has 29 heavy (non-hydrogen) atoms. The van der Waals surface area contributed by atoms with Gasteiger partial charge in [-0.1, -0.05) is 0 Å². The molecule has 0 radical (unpaired) electrons. The fourth-order valence-electron chi connectivity index (χ4n) is 4.13. The zero-order valence-electron chi connectivity index (χ0n) is 16.9. The van der Waals surface area contributed by atoms with Gasteiger partial charge in [-0.05, 0) is 57.5 Å². The van der Waals surface area contributed by atoms with Gasteiger partial charge in [0.15, 0.2) is 0 Å². The highest BCUT2D eigenvalue weighted by Gasteiger charge is 2.30. The first-order chi connectivity index (χ1) is 13.8. The maximum Gasteiger partial charge on any atom is 0.305 e.